The van der Waals surface area contributed by atoms with Crippen molar-refractivity contribution >= 4 is 49.0 Å². The molecule has 4 aromatic rings. The number of benzene rings is 3. The Morgan fingerprint density at radius 3 is 2.49 bits per heavy atom. The predicted octanol–water partition coefficient (Wildman–Crippen LogP) is 8.02. The van der Waals surface area contributed by atoms with Crippen LogP contribution in [0.15, 0.2) is 86.1 Å². The standard InChI is InChI=1S/C31H31Br2N3O3/c1-5-8-23-15-22(16-28(38-7-3)29(23)39-19-21-9-11-24(32)12-10-21)18-34-36-30(20(4)6-2)35-27-14-13-25(33)17-26(27)31(36)37/h5,9-18,20H,1,6-8,19H2,2-4H3/t20-/m1/s1. The Bertz CT molecular complexity index is 1560. The van der Waals surface area contributed by atoms with E-state index < -0.39 is 0 Å². The Balaban J connectivity index is 1.76. The average Bonchev–Trinajstić information content (AvgIpc) is 2.93. The number of rotatable bonds is 11. The highest BCUT2D eigenvalue weighted by Gasteiger charge is 2.17. The fourth-order valence-corrected chi connectivity index (χ4v) is 4.76. The second-order valence-electron chi connectivity index (χ2n) is 9.15. The number of fused-ring (bicyclic) bond motifs is 1. The van der Waals surface area contributed by atoms with Gasteiger partial charge in [0.25, 0.3) is 5.56 Å². The van der Waals surface area contributed by atoms with Gasteiger partial charge in [0.1, 0.15) is 12.4 Å². The maximum atomic E-state index is 13.5. The SMILES string of the molecule is C=CCc1cc(C=Nn2c([C@H](C)CC)nc3ccc(Br)cc3c2=O)cc(OCC)c1OCc1ccc(Br)cc1. The first-order chi connectivity index (χ1) is 18.8. The van der Waals surface area contributed by atoms with E-state index in [1.165, 1.54) is 4.68 Å². The molecule has 3 aromatic carbocycles. The van der Waals surface area contributed by atoms with Crippen LogP contribution in [0.3, 0.4) is 0 Å². The molecule has 202 valence electrons. The molecule has 0 bridgehead atoms. The van der Waals surface area contributed by atoms with Crippen LogP contribution in [0.25, 0.3) is 10.9 Å². The lowest BCUT2D eigenvalue weighted by atomic mass is 10.1. The van der Waals surface area contributed by atoms with Crippen LogP contribution in [0.2, 0.25) is 0 Å². The molecule has 0 fully saturated rings. The lowest BCUT2D eigenvalue weighted by molar-refractivity contribution is 0.267. The smallest absolute Gasteiger partial charge is 0.282 e. The van der Waals surface area contributed by atoms with Gasteiger partial charge < -0.3 is 9.47 Å². The van der Waals surface area contributed by atoms with E-state index in [1.807, 2.05) is 68.5 Å². The second kappa shape index (κ2) is 13.2. The normalized spacial score (nSPS) is 12.1. The fourth-order valence-electron chi connectivity index (χ4n) is 4.13. The molecule has 0 saturated heterocycles. The minimum atomic E-state index is -0.210. The van der Waals surface area contributed by atoms with Crippen molar-refractivity contribution in [1.29, 1.82) is 0 Å². The van der Waals surface area contributed by atoms with Crippen LogP contribution in [-0.4, -0.2) is 22.5 Å². The molecule has 1 atom stereocenters. The van der Waals surface area contributed by atoms with Gasteiger partial charge in [0, 0.05) is 20.4 Å². The zero-order valence-corrected chi connectivity index (χ0v) is 25.5. The Labute approximate surface area is 245 Å². The lowest BCUT2D eigenvalue weighted by Gasteiger charge is -2.17. The zero-order valence-electron chi connectivity index (χ0n) is 22.3. The molecule has 0 amide bonds. The number of halogens is 2. The van der Waals surface area contributed by atoms with E-state index in [0.29, 0.717) is 47.9 Å². The van der Waals surface area contributed by atoms with Gasteiger partial charge in [0.15, 0.2) is 11.5 Å². The van der Waals surface area contributed by atoms with Crippen molar-refractivity contribution < 1.29 is 9.47 Å². The van der Waals surface area contributed by atoms with Crippen molar-refractivity contribution in [2.75, 3.05) is 6.61 Å². The van der Waals surface area contributed by atoms with Crippen molar-refractivity contribution in [2.45, 2.75) is 46.1 Å². The quantitative estimate of drug-likeness (QED) is 0.122. The van der Waals surface area contributed by atoms with E-state index in [1.54, 1.807) is 12.3 Å². The van der Waals surface area contributed by atoms with Crippen molar-refractivity contribution in [3.05, 3.63) is 109 Å². The second-order valence-corrected chi connectivity index (χ2v) is 11.0. The first-order valence-electron chi connectivity index (χ1n) is 12.9. The van der Waals surface area contributed by atoms with Gasteiger partial charge in [-0.05, 0) is 73.4 Å². The minimum absolute atomic E-state index is 0.0487. The number of allylic oxidation sites excluding steroid dienone is 1. The molecule has 0 aliphatic heterocycles. The number of aromatic nitrogens is 2. The zero-order chi connectivity index (χ0) is 27.9. The fraction of sp³-hybridized carbons (Fsp3) is 0.258. The van der Waals surface area contributed by atoms with Gasteiger partial charge in [-0.15, -0.1) is 6.58 Å². The number of hydrogen-bond donors (Lipinski definition) is 0. The van der Waals surface area contributed by atoms with Gasteiger partial charge >= 0.3 is 0 Å². The molecule has 4 rings (SSSR count). The predicted molar refractivity (Wildman–Crippen MR) is 165 cm³/mol. The third-order valence-corrected chi connectivity index (χ3v) is 7.35. The maximum absolute atomic E-state index is 13.5. The van der Waals surface area contributed by atoms with Crippen LogP contribution in [0.1, 0.15) is 55.6 Å². The Hall–Kier alpha value is -3.23. The molecule has 8 heteroatoms. The summed E-state index contributed by atoms with van der Waals surface area (Å²) in [4.78, 5) is 18.3. The summed E-state index contributed by atoms with van der Waals surface area (Å²) in [6.45, 7) is 10.8. The van der Waals surface area contributed by atoms with Gasteiger partial charge in [-0.2, -0.15) is 9.78 Å². The first kappa shape index (κ1) is 28.8. The lowest BCUT2D eigenvalue weighted by Crippen LogP contribution is -2.23. The Morgan fingerprint density at radius 1 is 1.05 bits per heavy atom. The number of ether oxygens (including phenoxy) is 2. The summed E-state index contributed by atoms with van der Waals surface area (Å²) in [5, 5.41) is 5.14. The molecular weight excluding hydrogens is 622 g/mol. The molecule has 39 heavy (non-hydrogen) atoms. The van der Waals surface area contributed by atoms with Crippen molar-refractivity contribution in [1.82, 2.24) is 9.66 Å². The van der Waals surface area contributed by atoms with Gasteiger partial charge in [0.05, 0.1) is 23.7 Å². The van der Waals surface area contributed by atoms with Crippen LogP contribution in [-0.2, 0) is 13.0 Å². The van der Waals surface area contributed by atoms with Crippen molar-refractivity contribution in [3.8, 4) is 11.5 Å². The maximum Gasteiger partial charge on any atom is 0.282 e. The van der Waals surface area contributed by atoms with Gasteiger partial charge in [-0.3, -0.25) is 4.79 Å². The largest absolute Gasteiger partial charge is 0.490 e. The summed E-state index contributed by atoms with van der Waals surface area (Å²) < 4.78 is 15.5. The van der Waals surface area contributed by atoms with Crippen LogP contribution in [0.4, 0.5) is 0 Å². The molecule has 0 aliphatic carbocycles. The molecule has 0 aliphatic rings. The van der Waals surface area contributed by atoms with Gasteiger partial charge in [-0.1, -0.05) is 63.9 Å². The molecule has 0 radical (unpaired) electrons. The number of hydrogen-bond acceptors (Lipinski definition) is 5. The molecule has 1 aromatic heterocycles. The van der Waals surface area contributed by atoms with E-state index in [-0.39, 0.29) is 11.5 Å². The van der Waals surface area contributed by atoms with Crippen LogP contribution < -0.4 is 15.0 Å². The van der Waals surface area contributed by atoms with E-state index in [0.717, 1.165) is 32.1 Å². The van der Waals surface area contributed by atoms with Crippen LogP contribution >= 0.6 is 31.9 Å². The highest BCUT2D eigenvalue weighted by atomic mass is 79.9. The molecule has 0 N–H and O–H groups in total. The van der Waals surface area contributed by atoms with Crippen molar-refractivity contribution in [2.24, 2.45) is 5.10 Å². The van der Waals surface area contributed by atoms with Gasteiger partial charge in [0.2, 0.25) is 0 Å². The molecule has 0 unspecified atom stereocenters. The summed E-state index contributed by atoms with van der Waals surface area (Å²) in [6.07, 6.45) is 4.91. The van der Waals surface area contributed by atoms with Gasteiger partial charge in [-0.25, -0.2) is 4.98 Å². The minimum Gasteiger partial charge on any atom is -0.490 e. The summed E-state index contributed by atoms with van der Waals surface area (Å²) in [7, 11) is 0. The molecular formula is C31H31Br2N3O3. The highest BCUT2D eigenvalue weighted by molar-refractivity contribution is 9.10. The van der Waals surface area contributed by atoms with E-state index >= 15 is 0 Å². The summed E-state index contributed by atoms with van der Waals surface area (Å²) in [5.74, 6) is 1.96. The highest BCUT2D eigenvalue weighted by Crippen LogP contribution is 2.34. The number of nitrogens with zero attached hydrogens (tertiary/aromatic N) is 3. The molecule has 0 saturated carbocycles. The first-order valence-corrected chi connectivity index (χ1v) is 14.5. The summed E-state index contributed by atoms with van der Waals surface area (Å²) >= 11 is 6.93. The third kappa shape index (κ3) is 6.86. The molecule has 6 nitrogen and oxygen atoms in total. The average molecular weight is 653 g/mol. The van der Waals surface area contributed by atoms with Crippen LogP contribution in [0.5, 0.6) is 11.5 Å². The molecule has 1 heterocycles. The van der Waals surface area contributed by atoms with E-state index in [4.69, 9.17) is 14.5 Å². The van der Waals surface area contributed by atoms with Crippen LogP contribution in [0, 0.1) is 0 Å². The summed E-state index contributed by atoms with van der Waals surface area (Å²) in [6, 6.07) is 17.4. The van der Waals surface area contributed by atoms with E-state index in [9.17, 15) is 4.79 Å². The van der Waals surface area contributed by atoms with E-state index in [2.05, 4.69) is 50.5 Å². The Morgan fingerprint density at radius 2 is 1.79 bits per heavy atom. The van der Waals surface area contributed by atoms with Crippen molar-refractivity contribution in [3.63, 3.8) is 0 Å². The monoisotopic (exact) mass is 651 g/mol. The Kier molecular flexibility index (Phi) is 9.75. The summed E-state index contributed by atoms with van der Waals surface area (Å²) in [5.41, 5.74) is 3.19. The molecule has 0 spiro atoms. The third-order valence-electron chi connectivity index (χ3n) is 6.32. The topological polar surface area (TPSA) is 65.7 Å².